The van der Waals surface area contributed by atoms with Gasteiger partial charge in [0.1, 0.15) is 0 Å². The quantitative estimate of drug-likeness (QED) is 0.694. The van der Waals surface area contributed by atoms with Crippen LogP contribution in [0.5, 0.6) is 0 Å². The van der Waals surface area contributed by atoms with E-state index in [4.69, 9.17) is 11.6 Å². The largest absolute Gasteiger partial charge is 0.294 e. The van der Waals surface area contributed by atoms with E-state index in [1.54, 1.807) is 0 Å². The second kappa shape index (κ2) is 5.44. The van der Waals surface area contributed by atoms with Gasteiger partial charge in [0.05, 0.1) is 0 Å². The van der Waals surface area contributed by atoms with E-state index in [9.17, 15) is 4.79 Å². The fourth-order valence-electron chi connectivity index (χ4n) is 2.87. The predicted octanol–water partition coefficient (Wildman–Crippen LogP) is 4.90. The van der Waals surface area contributed by atoms with Crippen LogP contribution in [-0.2, 0) is 0 Å². The number of hydrogen-bond acceptors (Lipinski definition) is 1. The molecule has 3 unspecified atom stereocenters. The number of carbonyl (C=O) groups is 1. The first-order valence-electron chi connectivity index (χ1n) is 6.79. The molecule has 0 N–H and O–H groups in total. The van der Waals surface area contributed by atoms with Crippen molar-refractivity contribution in [3.8, 4) is 0 Å². The number of halogens is 1. The maximum Gasteiger partial charge on any atom is 0.166 e. The Kier molecular flexibility index (Phi) is 4.11. The molecule has 0 bridgehead atoms. The molecule has 1 aromatic carbocycles. The monoisotopic (exact) mass is 264 g/mol. The minimum atomic E-state index is 0.188. The SMILES string of the molecule is Cc1ccc(Cl)cc1C(=O)C1CCC(C)C(C)C1. The van der Waals surface area contributed by atoms with Crippen molar-refractivity contribution in [2.45, 2.75) is 40.0 Å². The number of benzene rings is 1. The molecule has 1 aliphatic rings. The maximum absolute atomic E-state index is 12.6. The van der Waals surface area contributed by atoms with Crippen molar-refractivity contribution in [3.05, 3.63) is 34.3 Å². The van der Waals surface area contributed by atoms with Crippen molar-refractivity contribution >= 4 is 17.4 Å². The van der Waals surface area contributed by atoms with Crippen LogP contribution in [0.15, 0.2) is 18.2 Å². The third-order valence-electron chi connectivity index (χ3n) is 4.43. The van der Waals surface area contributed by atoms with Crippen LogP contribution in [0.2, 0.25) is 5.02 Å². The topological polar surface area (TPSA) is 17.1 Å². The Balaban J connectivity index is 2.19. The van der Waals surface area contributed by atoms with Crippen molar-refractivity contribution in [3.63, 3.8) is 0 Å². The van der Waals surface area contributed by atoms with Gasteiger partial charge in [-0.2, -0.15) is 0 Å². The van der Waals surface area contributed by atoms with E-state index in [0.717, 1.165) is 36.3 Å². The van der Waals surface area contributed by atoms with Crippen LogP contribution in [0, 0.1) is 24.7 Å². The summed E-state index contributed by atoms with van der Waals surface area (Å²) in [4.78, 5) is 12.6. The molecule has 0 heterocycles. The molecular weight excluding hydrogens is 244 g/mol. The van der Waals surface area contributed by atoms with E-state index in [2.05, 4.69) is 13.8 Å². The highest BCUT2D eigenvalue weighted by Gasteiger charge is 2.30. The van der Waals surface area contributed by atoms with Crippen LogP contribution in [-0.4, -0.2) is 5.78 Å². The van der Waals surface area contributed by atoms with Gasteiger partial charge in [-0.15, -0.1) is 0 Å². The second-order valence-corrected chi connectivity index (χ2v) is 6.22. The van der Waals surface area contributed by atoms with Gasteiger partial charge in [0.15, 0.2) is 5.78 Å². The molecule has 1 fully saturated rings. The molecule has 3 atom stereocenters. The molecule has 2 rings (SSSR count). The highest BCUT2D eigenvalue weighted by molar-refractivity contribution is 6.31. The van der Waals surface area contributed by atoms with E-state index in [1.165, 1.54) is 0 Å². The van der Waals surface area contributed by atoms with Crippen LogP contribution in [0.3, 0.4) is 0 Å². The Morgan fingerprint density at radius 2 is 1.94 bits per heavy atom. The molecule has 0 radical (unpaired) electrons. The van der Waals surface area contributed by atoms with Crippen LogP contribution in [0.1, 0.15) is 49.0 Å². The Morgan fingerprint density at radius 3 is 2.61 bits per heavy atom. The van der Waals surface area contributed by atoms with Gasteiger partial charge in [0.2, 0.25) is 0 Å². The molecule has 0 aromatic heterocycles. The van der Waals surface area contributed by atoms with Gasteiger partial charge >= 0.3 is 0 Å². The summed E-state index contributed by atoms with van der Waals surface area (Å²) in [5, 5.41) is 0.654. The number of carbonyl (C=O) groups excluding carboxylic acids is 1. The second-order valence-electron chi connectivity index (χ2n) is 5.79. The summed E-state index contributed by atoms with van der Waals surface area (Å²) in [7, 11) is 0. The summed E-state index contributed by atoms with van der Waals surface area (Å²) in [5.74, 6) is 1.86. The van der Waals surface area contributed by atoms with Gasteiger partial charge < -0.3 is 0 Å². The molecule has 0 aliphatic heterocycles. The van der Waals surface area contributed by atoms with Gasteiger partial charge in [0, 0.05) is 16.5 Å². The summed E-state index contributed by atoms with van der Waals surface area (Å²) in [5.41, 5.74) is 1.85. The Morgan fingerprint density at radius 1 is 1.22 bits per heavy atom. The van der Waals surface area contributed by atoms with Crippen molar-refractivity contribution in [2.75, 3.05) is 0 Å². The fraction of sp³-hybridized carbons (Fsp3) is 0.562. The molecule has 2 heteroatoms. The van der Waals surface area contributed by atoms with Crippen molar-refractivity contribution in [1.82, 2.24) is 0 Å². The van der Waals surface area contributed by atoms with Crippen molar-refractivity contribution in [1.29, 1.82) is 0 Å². The van der Waals surface area contributed by atoms with Gasteiger partial charge in [-0.3, -0.25) is 4.79 Å². The van der Waals surface area contributed by atoms with Gasteiger partial charge in [-0.25, -0.2) is 0 Å². The molecule has 1 aromatic rings. The zero-order valence-electron chi connectivity index (χ0n) is 11.4. The average Bonchev–Trinajstić information content (AvgIpc) is 2.35. The van der Waals surface area contributed by atoms with Crippen LogP contribution < -0.4 is 0 Å². The van der Waals surface area contributed by atoms with Gasteiger partial charge in [-0.1, -0.05) is 31.5 Å². The average molecular weight is 265 g/mol. The summed E-state index contributed by atoms with van der Waals surface area (Å²) < 4.78 is 0. The lowest BCUT2D eigenvalue weighted by atomic mass is 9.73. The number of hydrogen-bond donors (Lipinski definition) is 0. The first-order chi connectivity index (χ1) is 8.49. The van der Waals surface area contributed by atoms with Crippen molar-refractivity contribution < 1.29 is 4.79 Å². The van der Waals surface area contributed by atoms with E-state index < -0.39 is 0 Å². The van der Waals surface area contributed by atoms with E-state index in [-0.39, 0.29) is 11.7 Å². The fourth-order valence-corrected chi connectivity index (χ4v) is 3.04. The third-order valence-corrected chi connectivity index (χ3v) is 4.67. The molecule has 0 saturated heterocycles. The standard InChI is InChI=1S/C16H21ClO/c1-10-4-6-13(8-12(10)3)16(18)15-9-14(17)7-5-11(15)2/h5,7,9-10,12-13H,4,6,8H2,1-3H3. The number of ketones is 1. The van der Waals surface area contributed by atoms with Gasteiger partial charge in [0.25, 0.3) is 0 Å². The summed E-state index contributed by atoms with van der Waals surface area (Å²) in [6, 6.07) is 5.60. The summed E-state index contributed by atoms with van der Waals surface area (Å²) >= 11 is 6.00. The molecule has 18 heavy (non-hydrogen) atoms. The van der Waals surface area contributed by atoms with E-state index in [0.29, 0.717) is 10.9 Å². The lowest BCUT2D eigenvalue weighted by Gasteiger charge is -2.31. The van der Waals surface area contributed by atoms with E-state index in [1.807, 2.05) is 25.1 Å². The first-order valence-corrected chi connectivity index (χ1v) is 7.17. The molecule has 98 valence electrons. The highest BCUT2D eigenvalue weighted by atomic mass is 35.5. The third kappa shape index (κ3) is 2.77. The summed E-state index contributed by atoms with van der Waals surface area (Å²) in [6.07, 6.45) is 3.21. The molecule has 0 amide bonds. The molecule has 1 aliphatic carbocycles. The zero-order chi connectivity index (χ0) is 13.3. The van der Waals surface area contributed by atoms with Crippen molar-refractivity contribution in [2.24, 2.45) is 17.8 Å². The lowest BCUT2D eigenvalue weighted by molar-refractivity contribution is 0.0837. The highest BCUT2D eigenvalue weighted by Crippen LogP contribution is 2.35. The first kappa shape index (κ1) is 13.6. The molecule has 0 spiro atoms. The van der Waals surface area contributed by atoms with Crippen LogP contribution >= 0.6 is 11.6 Å². The van der Waals surface area contributed by atoms with E-state index >= 15 is 0 Å². The molecule has 1 nitrogen and oxygen atoms in total. The maximum atomic E-state index is 12.6. The minimum absolute atomic E-state index is 0.188. The van der Waals surface area contributed by atoms with Crippen LogP contribution in [0.25, 0.3) is 0 Å². The summed E-state index contributed by atoms with van der Waals surface area (Å²) in [6.45, 7) is 6.53. The number of Topliss-reactive ketones (excluding diaryl/α,β-unsaturated/α-hetero) is 1. The lowest BCUT2D eigenvalue weighted by Crippen LogP contribution is -2.26. The Bertz CT molecular complexity index is 452. The Hall–Kier alpha value is -0.820. The smallest absolute Gasteiger partial charge is 0.166 e. The number of aryl methyl sites for hydroxylation is 1. The minimum Gasteiger partial charge on any atom is -0.294 e. The van der Waals surface area contributed by atoms with Crippen LogP contribution in [0.4, 0.5) is 0 Å². The molecular formula is C16H21ClO. The Labute approximate surface area is 115 Å². The normalized spacial score (nSPS) is 28.1. The van der Waals surface area contributed by atoms with Gasteiger partial charge in [-0.05, 0) is 55.7 Å². The number of rotatable bonds is 2. The predicted molar refractivity (Wildman–Crippen MR) is 76.2 cm³/mol. The molecule has 1 saturated carbocycles. The zero-order valence-corrected chi connectivity index (χ0v) is 12.1.